The lowest BCUT2D eigenvalue weighted by Crippen LogP contribution is -2.11. The highest BCUT2D eigenvalue weighted by Gasteiger charge is 2.18. The molecule has 0 saturated heterocycles. The second kappa shape index (κ2) is 4.69. The fourth-order valence-electron chi connectivity index (χ4n) is 2.19. The number of Topliss-reactive ketones (excluding diaryl/α,β-unsaturated/α-hetero) is 1. The number of carbonyl (C=O) groups excluding carboxylic acids is 1. The lowest BCUT2D eigenvalue weighted by Gasteiger charge is -2.09. The monoisotopic (exact) mass is 218 g/mol. The summed E-state index contributed by atoms with van der Waals surface area (Å²) >= 11 is 0. The zero-order chi connectivity index (χ0) is 11.5. The molecular formula is C14H18O2. The van der Waals surface area contributed by atoms with Crippen LogP contribution in [-0.4, -0.2) is 12.4 Å². The summed E-state index contributed by atoms with van der Waals surface area (Å²) < 4.78 is 5.43. The van der Waals surface area contributed by atoms with Crippen LogP contribution in [0.4, 0.5) is 0 Å². The smallest absolute Gasteiger partial charge is 0.165 e. The first-order valence-corrected chi connectivity index (χ1v) is 6.02. The molecule has 16 heavy (non-hydrogen) atoms. The molecule has 1 unspecified atom stereocenters. The van der Waals surface area contributed by atoms with Gasteiger partial charge in [-0.15, -0.1) is 0 Å². The molecule has 1 aromatic rings. The van der Waals surface area contributed by atoms with E-state index >= 15 is 0 Å². The van der Waals surface area contributed by atoms with Gasteiger partial charge in [-0.2, -0.15) is 0 Å². The van der Waals surface area contributed by atoms with Crippen molar-refractivity contribution < 1.29 is 9.53 Å². The number of hydrogen-bond acceptors (Lipinski definition) is 2. The van der Waals surface area contributed by atoms with E-state index < -0.39 is 0 Å². The van der Waals surface area contributed by atoms with Crippen molar-refractivity contribution in [3.05, 3.63) is 29.3 Å². The summed E-state index contributed by atoms with van der Waals surface area (Å²) in [5, 5.41) is 0. The van der Waals surface area contributed by atoms with Crippen molar-refractivity contribution in [1.29, 1.82) is 0 Å². The molecule has 86 valence electrons. The van der Waals surface area contributed by atoms with Crippen molar-refractivity contribution in [3.8, 4) is 5.75 Å². The largest absolute Gasteiger partial charge is 0.493 e. The van der Waals surface area contributed by atoms with Crippen LogP contribution in [0.2, 0.25) is 0 Å². The van der Waals surface area contributed by atoms with Crippen LogP contribution < -0.4 is 4.74 Å². The molecule has 1 heterocycles. The predicted octanol–water partition coefficient (Wildman–Crippen LogP) is 3.24. The molecule has 0 bridgehead atoms. The molecule has 0 saturated carbocycles. The number of ether oxygens (including phenoxy) is 1. The fourth-order valence-corrected chi connectivity index (χ4v) is 2.19. The minimum atomic E-state index is 0.130. The second-order valence-corrected chi connectivity index (χ2v) is 4.47. The van der Waals surface area contributed by atoms with Crippen LogP contribution in [0, 0.1) is 5.92 Å². The lowest BCUT2D eigenvalue weighted by atomic mass is 9.94. The van der Waals surface area contributed by atoms with Gasteiger partial charge >= 0.3 is 0 Å². The predicted molar refractivity (Wildman–Crippen MR) is 64.0 cm³/mol. The van der Waals surface area contributed by atoms with Crippen molar-refractivity contribution in [2.45, 2.75) is 33.1 Å². The Morgan fingerprint density at radius 3 is 3.06 bits per heavy atom. The van der Waals surface area contributed by atoms with Crippen LogP contribution in [0.15, 0.2) is 18.2 Å². The van der Waals surface area contributed by atoms with Gasteiger partial charge in [0.15, 0.2) is 5.78 Å². The zero-order valence-corrected chi connectivity index (χ0v) is 9.95. The molecule has 2 rings (SSSR count). The number of carbonyl (C=O) groups is 1. The van der Waals surface area contributed by atoms with Gasteiger partial charge in [-0.1, -0.05) is 20.3 Å². The first-order valence-electron chi connectivity index (χ1n) is 6.02. The Bertz CT molecular complexity index is 396. The van der Waals surface area contributed by atoms with E-state index in [2.05, 4.69) is 6.92 Å². The van der Waals surface area contributed by atoms with Crippen molar-refractivity contribution in [3.63, 3.8) is 0 Å². The molecule has 0 spiro atoms. The van der Waals surface area contributed by atoms with E-state index in [0.717, 1.165) is 37.2 Å². The topological polar surface area (TPSA) is 26.3 Å². The van der Waals surface area contributed by atoms with Crippen LogP contribution in [0.5, 0.6) is 5.75 Å². The summed E-state index contributed by atoms with van der Waals surface area (Å²) in [6, 6.07) is 5.81. The fraction of sp³-hybridized carbons (Fsp3) is 0.500. The number of fused-ring (bicyclic) bond motifs is 1. The first kappa shape index (κ1) is 11.2. The molecule has 1 aromatic carbocycles. The molecule has 0 aromatic heterocycles. The van der Waals surface area contributed by atoms with E-state index in [9.17, 15) is 4.79 Å². The molecule has 0 N–H and O–H groups in total. The Morgan fingerprint density at radius 1 is 1.50 bits per heavy atom. The maximum absolute atomic E-state index is 12.1. The third kappa shape index (κ3) is 2.11. The van der Waals surface area contributed by atoms with Crippen molar-refractivity contribution in [2.24, 2.45) is 5.92 Å². The van der Waals surface area contributed by atoms with Crippen LogP contribution >= 0.6 is 0 Å². The third-order valence-electron chi connectivity index (χ3n) is 3.14. The quantitative estimate of drug-likeness (QED) is 0.725. The molecule has 1 aliphatic rings. The maximum Gasteiger partial charge on any atom is 0.165 e. The average Bonchev–Trinajstić information content (AvgIpc) is 2.75. The van der Waals surface area contributed by atoms with E-state index in [0.29, 0.717) is 0 Å². The standard InChI is InChI=1S/C14H18O2/c1-3-4-10(2)14(15)12-5-6-13-11(9-12)7-8-16-13/h5-6,9-10H,3-4,7-8H2,1-2H3. The minimum Gasteiger partial charge on any atom is -0.493 e. The highest BCUT2D eigenvalue weighted by molar-refractivity contribution is 5.98. The molecule has 2 nitrogen and oxygen atoms in total. The molecule has 1 aliphatic heterocycles. The highest BCUT2D eigenvalue weighted by atomic mass is 16.5. The molecule has 0 aliphatic carbocycles. The van der Waals surface area contributed by atoms with Gasteiger partial charge in [0.1, 0.15) is 5.75 Å². The van der Waals surface area contributed by atoms with E-state index in [-0.39, 0.29) is 11.7 Å². The SMILES string of the molecule is CCCC(C)C(=O)c1ccc2c(c1)CCO2. The molecule has 0 fully saturated rings. The summed E-state index contributed by atoms with van der Waals surface area (Å²) in [5.74, 6) is 1.33. The number of benzene rings is 1. The average molecular weight is 218 g/mol. The molecule has 2 heteroatoms. The van der Waals surface area contributed by atoms with Crippen molar-refractivity contribution in [2.75, 3.05) is 6.61 Å². The Balaban J connectivity index is 2.18. The van der Waals surface area contributed by atoms with Gasteiger partial charge in [0.25, 0.3) is 0 Å². The summed E-state index contributed by atoms with van der Waals surface area (Å²) in [7, 11) is 0. The zero-order valence-electron chi connectivity index (χ0n) is 9.95. The minimum absolute atomic E-state index is 0.130. The Labute approximate surface area is 96.6 Å². The van der Waals surface area contributed by atoms with Crippen molar-refractivity contribution in [1.82, 2.24) is 0 Å². The third-order valence-corrected chi connectivity index (χ3v) is 3.14. The van der Waals surface area contributed by atoms with Gasteiger partial charge in [0, 0.05) is 17.9 Å². The van der Waals surface area contributed by atoms with Gasteiger partial charge in [0.2, 0.25) is 0 Å². The molecular weight excluding hydrogens is 200 g/mol. The van der Waals surface area contributed by atoms with E-state index in [4.69, 9.17) is 4.74 Å². The lowest BCUT2D eigenvalue weighted by molar-refractivity contribution is 0.0923. The van der Waals surface area contributed by atoms with Gasteiger partial charge < -0.3 is 4.74 Å². The number of hydrogen-bond donors (Lipinski definition) is 0. The van der Waals surface area contributed by atoms with Crippen LogP contribution in [0.1, 0.15) is 42.6 Å². The summed E-state index contributed by atoms with van der Waals surface area (Å²) in [6.45, 7) is 4.87. The first-order chi connectivity index (χ1) is 7.72. The second-order valence-electron chi connectivity index (χ2n) is 4.47. The summed E-state index contributed by atoms with van der Waals surface area (Å²) in [6.07, 6.45) is 2.95. The Morgan fingerprint density at radius 2 is 2.31 bits per heavy atom. The van der Waals surface area contributed by atoms with E-state index in [1.807, 2.05) is 25.1 Å². The normalized spacial score (nSPS) is 15.4. The summed E-state index contributed by atoms with van der Waals surface area (Å²) in [4.78, 5) is 12.1. The molecule has 1 atom stereocenters. The van der Waals surface area contributed by atoms with Gasteiger partial charge in [-0.3, -0.25) is 4.79 Å². The molecule has 0 radical (unpaired) electrons. The number of ketones is 1. The van der Waals surface area contributed by atoms with E-state index in [1.54, 1.807) is 0 Å². The van der Waals surface area contributed by atoms with Gasteiger partial charge in [0.05, 0.1) is 6.61 Å². The van der Waals surface area contributed by atoms with Crippen LogP contribution in [0.25, 0.3) is 0 Å². The maximum atomic E-state index is 12.1. The van der Waals surface area contributed by atoms with Crippen LogP contribution in [0.3, 0.4) is 0 Å². The van der Waals surface area contributed by atoms with Gasteiger partial charge in [-0.25, -0.2) is 0 Å². The van der Waals surface area contributed by atoms with Gasteiger partial charge in [-0.05, 0) is 30.2 Å². The van der Waals surface area contributed by atoms with Crippen molar-refractivity contribution >= 4 is 5.78 Å². The van der Waals surface area contributed by atoms with E-state index in [1.165, 1.54) is 5.56 Å². The summed E-state index contributed by atoms with van der Waals surface area (Å²) in [5.41, 5.74) is 2.01. The van der Waals surface area contributed by atoms with Crippen LogP contribution in [-0.2, 0) is 6.42 Å². The number of rotatable bonds is 4. The molecule has 0 amide bonds. The highest BCUT2D eigenvalue weighted by Crippen LogP contribution is 2.27. The Hall–Kier alpha value is -1.31. The Kier molecular flexibility index (Phi) is 3.28.